The highest BCUT2D eigenvalue weighted by molar-refractivity contribution is 7.93. The molecule has 0 radical (unpaired) electrons. The number of rotatable bonds is 2. The monoisotopic (exact) mass is 308 g/mol. The van der Waals surface area contributed by atoms with Crippen molar-refractivity contribution in [1.29, 1.82) is 0 Å². The first kappa shape index (κ1) is 13.7. The van der Waals surface area contributed by atoms with Gasteiger partial charge in [-0.15, -0.1) is 0 Å². The van der Waals surface area contributed by atoms with Gasteiger partial charge in [0.25, 0.3) is 10.0 Å². The summed E-state index contributed by atoms with van der Waals surface area (Å²) in [6.45, 7) is 0.819. The fourth-order valence-electron chi connectivity index (χ4n) is 2.35. The van der Waals surface area contributed by atoms with Gasteiger partial charge in [-0.3, -0.25) is 8.99 Å². The molecule has 7 nitrogen and oxygen atoms in total. The molecule has 1 aliphatic rings. The van der Waals surface area contributed by atoms with Gasteiger partial charge in [-0.1, -0.05) is 12.1 Å². The number of anilines is 2. The number of benzene rings is 1. The molecule has 0 saturated heterocycles. The Morgan fingerprint density at radius 2 is 2.10 bits per heavy atom. The molecule has 2 heterocycles. The Bertz CT molecular complexity index is 769. The second-order valence-electron chi connectivity index (χ2n) is 4.80. The SMILES string of the molecule is Cn1cc(S(=O)(=O)N2CCCOc3ccccc32)c(N)n1. The summed E-state index contributed by atoms with van der Waals surface area (Å²) >= 11 is 0. The van der Waals surface area contributed by atoms with E-state index in [0.29, 0.717) is 31.0 Å². The molecule has 1 aromatic heterocycles. The van der Waals surface area contributed by atoms with Gasteiger partial charge in [-0.2, -0.15) is 5.10 Å². The summed E-state index contributed by atoms with van der Waals surface area (Å²) in [4.78, 5) is 0.0155. The molecular formula is C13H16N4O3S. The van der Waals surface area contributed by atoms with Gasteiger partial charge in [0.2, 0.25) is 0 Å². The van der Waals surface area contributed by atoms with E-state index in [4.69, 9.17) is 10.5 Å². The van der Waals surface area contributed by atoms with Crippen molar-refractivity contribution in [3.05, 3.63) is 30.5 Å². The van der Waals surface area contributed by atoms with Gasteiger partial charge in [0.1, 0.15) is 10.6 Å². The van der Waals surface area contributed by atoms with Crippen molar-refractivity contribution < 1.29 is 13.2 Å². The highest BCUT2D eigenvalue weighted by Crippen LogP contribution is 2.35. The molecule has 0 fully saturated rings. The van der Waals surface area contributed by atoms with E-state index in [1.165, 1.54) is 15.2 Å². The van der Waals surface area contributed by atoms with E-state index in [0.717, 1.165) is 0 Å². The molecule has 0 aliphatic carbocycles. The van der Waals surface area contributed by atoms with E-state index in [9.17, 15) is 8.42 Å². The number of nitrogens with zero attached hydrogens (tertiary/aromatic N) is 3. The maximum atomic E-state index is 12.9. The zero-order valence-corrected chi connectivity index (χ0v) is 12.4. The molecule has 0 bridgehead atoms. The highest BCUT2D eigenvalue weighted by atomic mass is 32.2. The quantitative estimate of drug-likeness (QED) is 0.893. The number of sulfonamides is 1. The largest absolute Gasteiger partial charge is 0.491 e. The predicted molar refractivity (Wildman–Crippen MR) is 78.7 cm³/mol. The first-order chi connectivity index (χ1) is 10.00. The lowest BCUT2D eigenvalue weighted by molar-refractivity contribution is 0.322. The van der Waals surface area contributed by atoms with Crippen LogP contribution in [0, 0.1) is 0 Å². The molecule has 2 N–H and O–H groups in total. The number of nitrogens with two attached hydrogens (primary N) is 1. The fraction of sp³-hybridized carbons (Fsp3) is 0.308. The lowest BCUT2D eigenvalue weighted by Crippen LogP contribution is -2.31. The van der Waals surface area contributed by atoms with Gasteiger partial charge >= 0.3 is 0 Å². The van der Waals surface area contributed by atoms with Gasteiger partial charge in [-0.05, 0) is 12.1 Å². The zero-order valence-electron chi connectivity index (χ0n) is 11.6. The van der Waals surface area contributed by atoms with Crippen LogP contribution in [0.5, 0.6) is 5.75 Å². The van der Waals surface area contributed by atoms with Crippen LogP contribution in [0.25, 0.3) is 0 Å². The van der Waals surface area contributed by atoms with Crippen molar-refractivity contribution in [2.75, 3.05) is 23.2 Å². The number of hydrogen-bond acceptors (Lipinski definition) is 5. The Labute approximate surface area is 123 Å². The molecule has 112 valence electrons. The van der Waals surface area contributed by atoms with Crippen LogP contribution in [0.15, 0.2) is 35.4 Å². The lowest BCUT2D eigenvalue weighted by Gasteiger charge is -2.22. The minimum absolute atomic E-state index is 0.000136. The molecule has 21 heavy (non-hydrogen) atoms. The van der Waals surface area contributed by atoms with Gasteiger partial charge in [0.05, 0.1) is 12.3 Å². The van der Waals surface area contributed by atoms with Crippen LogP contribution in [-0.2, 0) is 17.1 Å². The topological polar surface area (TPSA) is 90.5 Å². The number of nitrogen functional groups attached to an aromatic ring is 1. The van der Waals surface area contributed by atoms with Gasteiger partial charge in [0, 0.05) is 26.2 Å². The summed E-state index contributed by atoms with van der Waals surface area (Å²) < 4.78 is 34.1. The van der Waals surface area contributed by atoms with Crippen molar-refractivity contribution in [2.45, 2.75) is 11.3 Å². The molecule has 0 atom stereocenters. The third-order valence-electron chi connectivity index (χ3n) is 3.29. The average Bonchev–Trinajstić information content (AvgIpc) is 2.68. The van der Waals surface area contributed by atoms with E-state index >= 15 is 0 Å². The second kappa shape index (κ2) is 4.96. The van der Waals surface area contributed by atoms with Crippen LogP contribution in [0.4, 0.5) is 11.5 Å². The van der Waals surface area contributed by atoms with Crippen LogP contribution in [-0.4, -0.2) is 31.3 Å². The van der Waals surface area contributed by atoms with Crippen LogP contribution in [0.1, 0.15) is 6.42 Å². The third kappa shape index (κ3) is 2.31. The van der Waals surface area contributed by atoms with Crippen molar-refractivity contribution >= 4 is 21.5 Å². The molecule has 1 aromatic carbocycles. The average molecular weight is 308 g/mol. The Morgan fingerprint density at radius 3 is 2.81 bits per heavy atom. The highest BCUT2D eigenvalue weighted by Gasteiger charge is 2.31. The van der Waals surface area contributed by atoms with Crippen molar-refractivity contribution in [2.24, 2.45) is 7.05 Å². The summed E-state index contributed by atoms with van der Waals surface area (Å²) in [5.41, 5.74) is 6.25. The summed E-state index contributed by atoms with van der Waals surface area (Å²) in [5, 5.41) is 3.91. The van der Waals surface area contributed by atoms with E-state index in [1.807, 2.05) is 6.07 Å². The molecule has 3 rings (SSSR count). The third-order valence-corrected chi connectivity index (χ3v) is 5.12. The molecule has 0 saturated carbocycles. The number of ether oxygens (including phenoxy) is 1. The molecule has 2 aromatic rings. The predicted octanol–water partition coefficient (Wildman–Crippen LogP) is 0.980. The second-order valence-corrected chi connectivity index (χ2v) is 6.63. The van der Waals surface area contributed by atoms with Crippen LogP contribution in [0.3, 0.4) is 0 Å². The maximum Gasteiger partial charge on any atom is 0.269 e. The first-order valence-electron chi connectivity index (χ1n) is 6.54. The molecule has 0 unspecified atom stereocenters. The molecule has 0 amide bonds. The lowest BCUT2D eigenvalue weighted by atomic mass is 10.3. The maximum absolute atomic E-state index is 12.9. The number of aromatic nitrogens is 2. The van der Waals surface area contributed by atoms with Gasteiger partial charge in [0.15, 0.2) is 5.82 Å². The zero-order chi connectivity index (χ0) is 15.0. The minimum Gasteiger partial charge on any atom is -0.491 e. The summed E-state index contributed by atoms with van der Waals surface area (Å²) in [7, 11) is -2.13. The van der Waals surface area contributed by atoms with E-state index in [-0.39, 0.29) is 10.7 Å². The number of fused-ring (bicyclic) bond motifs is 1. The molecule has 8 heteroatoms. The van der Waals surface area contributed by atoms with Crippen LogP contribution < -0.4 is 14.8 Å². The smallest absolute Gasteiger partial charge is 0.269 e. The van der Waals surface area contributed by atoms with E-state index in [2.05, 4.69) is 5.10 Å². The number of aryl methyl sites for hydroxylation is 1. The minimum atomic E-state index is -3.76. The van der Waals surface area contributed by atoms with Crippen molar-refractivity contribution in [1.82, 2.24) is 9.78 Å². The Hall–Kier alpha value is -2.22. The standard InChI is InChI=1S/C13H16N4O3S/c1-16-9-12(13(14)15-16)21(18,19)17-7-4-8-20-11-6-3-2-5-10(11)17/h2-3,5-6,9H,4,7-8H2,1H3,(H2,14,15). The summed E-state index contributed by atoms with van der Waals surface area (Å²) in [5.74, 6) is 0.557. The van der Waals surface area contributed by atoms with E-state index in [1.54, 1.807) is 25.2 Å². The van der Waals surface area contributed by atoms with Gasteiger partial charge in [-0.25, -0.2) is 8.42 Å². The first-order valence-corrected chi connectivity index (χ1v) is 7.98. The molecular weight excluding hydrogens is 292 g/mol. The van der Waals surface area contributed by atoms with Crippen LogP contribution in [0.2, 0.25) is 0 Å². The van der Waals surface area contributed by atoms with E-state index < -0.39 is 10.0 Å². The molecule has 1 aliphatic heterocycles. The summed E-state index contributed by atoms with van der Waals surface area (Å²) in [6.07, 6.45) is 2.02. The number of hydrogen-bond donors (Lipinski definition) is 1. The Balaban J connectivity index is 2.13. The van der Waals surface area contributed by atoms with Crippen LogP contribution >= 0.6 is 0 Å². The van der Waals surface area contributed by atoms with Crippen molar-refractivity contribution in [3.63, 3.8) is 0 Å². The van der Waals surface area contributed by atoms with Gasteiger partial charge < -0.3 is 10.5 Å². The normalized spacial score (nSPS) is 15.2. The fourth-order valence-corrected chi connectivity index (χ4v) is 3.95. The summed E-state index contributed by atoms with van der Waals surface area (Å²) in [6, 6.07) is 7.08. The Kier molecular flexibility index (Phi) is 3.25. The Morgan fingerprint density at radius 1 is 1.33 bits per heavy atom. The van der Waals surface area contributed by atoms with Crippen molar-refractivity contribution in [3.8, 4) is 5.75 Å². The number of para-hydroxylation sites is 2. The molecule has 0 spiro atoms.